The molecule has 0 radical (unpaired) electrons. The zero-order valence-corrected chi connectivity index (χ0v) is 10.8. The van der Waals surface area contributed by atoms with Crippen LogP contribution in [-0.4, -0.2) is 22.7 Å². The molecule has 0 saturated carbocycles. The van der Waals surface area contributed by atoms with Crippen molar-refractivity contribution in [2.75, 3.05) is 6.61 Å². The highest BCUT2D eigenvalue weighted by Crippen LogP contribution is 2.23. The summed E-state index contributed by atoms with van der Waals surface area (Å²) in [7, 11) is 0. The Kier molecular flexibility index (Phi) is 4.36. The van der Waals surface area contributed by atoms with Crippen LogP contribution in [0.15, 0.2) is 42.6 Å². The molecule has 5 heteroatoms. The lowest BCUT2D eigenvalue weighted by Crippen LogP contribution is -2.07. The summed E-state index contributed by atoms with van der Waals surface area (Å²) in [5.41, 5.74) is 0.992. The molecule has 2 aromatic rings. The molecule has 2 rings (SSSR count). The highest BCUT2D eigenvalue weighted by atomic mass is 35.5. The number of halogens is 1. The Morgan fingerprint density at radius 3 is 2.84 bits per heavy atom. The molecule has 1 aromatic carbocycles. The lowest BCUT2D eigenvalue weighted by Gasteiger charge is -2.09. The number of rotatable bonds is 5. The van der Waals surface area contributed by atoms with Gasteiger partial charge in [0.1, 0.15) is 11.3 Å². The van der Waals surface area contributed by atoms with Gasteiger partial charge in [0, 0.05) is 23.3 Å². The Bertz CT molecular complexity index is 572. The Labute approximate surface area is 115 Å². The van der Waals surface area contributed by atoms with E-state index in [4.69, 9.17) is 21.4 Å². The molecule has 4 nitrogen and oxygen atoms in total. The quantitative estimate of drug-likeness (QED) is 0.912. The summed E-state index contributed by atoms with van der Waals surface area (Å²) < 4.78 is 5.48. The molecule has 0 unspecified atom stereocenters. The van der Waals surface area contributed by atoms with Gasteiger partial charge in [0.05, 0.1) is 6.61 Å². The van der Waals surface area contributed by atoms with Gasteiger partial charge in [-0.2, -0.15) is 0 Å². The van der Waals surface area contributed by atoms with Gasteiger partial charge in [-0.25, -0.2) is 4.79 Å². The van der Waals surface area contributed by atoms with Gasteiger partial charge in [-0.15, -0.1) is 0 Å². The summed E-state index contributed by atoms with van der Waals surface area (Å²) in [6.45, 7) is 0.345. The first kappa shape index (κ1) is 13.4. The van der Waals surface area contributed by atoms with Crippen LogP contribution in [0.3, 0.4) is 0 Å². The first-order chi connectivity index (χ1) is 9.16. The molecule has 0 aliphatic heterocycles. The lowest BCUT2D eigenvalue weighted by atomic mass is 10.2. The Morgan fingerprint density at radius 1 is 1.32 bits per heavy atom. The second-order valence-corrected chi connectivity index (χ2v) is 4.30. The van der Waals surface area contributed by atoms with Crippen molar-refractivity contribution in [2.45, 2.75) is 6.42 Å². The van der Waals surface area contributed by atoms with E-state index in [-0.39, 0.29) is 11.3 Å². The lowest BCUT2D eigenvalue weighted by molar-refractivity contribution is 0.0692. The topological polar surface area (TPSA) is 59.4 Å². The molecule has 0 saturated heterocycles. The summed E-state index contributed by atoms with van der Waals surface area (Å²) in [5.74, 6) is -0.763. The van der Waals surface area contributed by atoms with E-state index in [0.717, 1.165) is 5.69 Å². The highest BCUT2D eigenvalue weighted by Gasteiger charge is 2.11. The fraction of sp³-hybridized carbons (Fsp3) is 0.143. The molecule has 1 aromatic heterocycles. The third-order valence-electron chi connectivity index (χ3n) is 2.52. The molecule has 0 aliphatic rings. The number of hydrogen-bond donors (Lipinski definition) is 1. The van der Waals surface area contributed by atoms with Gasteiger partial charge in [0.15, 0.2) is 0 Å². The van der Waals surface area contributed by atoms with Crippen molar-refractivity contribution in [3.05, 3.63) is 58.9 Å². The SMILES string of the molecule is O=C(O)c1ccc(Cl)cc1OCCc1ccccn1. The predicted molar refractivity (Wildman–Crippen MR) is 71.8 cm³/mol. The highest BCUT2D eigenvalue weighted by molar-refractivity contribution is 6.30. The molecular weight excluding hydrogens is 266 g/mol. The van der Waals surface area contributed by atoms with Gasteiger partial charge < -0.3 is 9.84 Å². The van der Waals surface area contributed by atoms with Gasteiger partial charge in [0.2, 0.25) is 0 Å². The number of benzene rings is 1. The van der Waals surface area contributed by atoms with E-state index in [0.29, 0.717) is 18.1 Å². The maximum atomic E-state index is 11.0. The molecule has 0 bridgehead atoms. The second kappa shape index (κ2) is 6.20. The molecule has 0 spiro atoms. The summed E-state index contributed by atoms with van der Waals surface area (Å²) in [6, 6.07) is 10.1. The minimum atomic E-state index is -1.04. The molecule has 0 aliphatic carbocycles. The van der Waals surface area contributed by atoms with Gasteiger partial charge in [0.25, 0.3) is 0 Å². The molecule has 19 heavy (non-hydrogen) atoms. The molecule has 1 N–H and O–H groups in total. The molecule has 0 atom stereocenters. The van der Waals surface area contributed by atoms with Crippen LogP contribution in [0.25, 0.3) is 0 Å². The van der Waals surface area contributed by atoms with Crippen molar-refractivity contribution in [1.82, 2.24) is 4.98 Å². The zero-order chi connectivity index (χ0) is 13.7. The molecule has 0 fully saturated rings. The van der Waals surface area contributed by atoms with Crippen molar-refractivity contribution in [3.63, 3.8) is 0 Å². The molecule has 0 amide bonds. The van der Waals surface area contributed by atoms with Crippen LogP contribution < -0.4 is 4.74 Å². The third-order valence-corrected chi connectivity index (χ3v) is 2.75. The molecular formula is C14H12ClNO3. The molecule has 98 valence electrons. The fourth-order valence-corrected chi connectivity index (χ4v) is 1.77. The Balaban J connectivity index is 2.03. The smallest absolute Gasteiger partial charge is 0.339 e. The minimum Gasteiger partial charge on any atom is -0.492 e. The number of carboxylic acid groups (broad SMARTS) is 1. The van der Waals surface area contributed by atoms with Crippen LogP contribution in [0.1, 0.15) is 16.1 Å². The minimum absolute atomic E-state index is 0.102. The first-order valence-corrected chi connectivity index (χ1v) is 6.10. The third kappa shape index (κ3) is 3.69. The van der Waals surface area contributed by atoms with E-state index in [2.05, 4.69) is 4.98 Å². The average molecular weight is 278 g/mol. The number of aromatic nitrogens is 1. The number of pyridine rings is 1. The standard InChI is InChI=1S/C14H12ClNO3/c15-10-4-5-12(14(17)18)13(9-10)19-8-6-11-3-1-2-7-16-11/h1-5,7,9H,6,8H2,(H,17,18). The molecule has 1 heterocycles. The van der Waals surface area contributed by atoms with Gasteiger partial charge in [-0.05, 0) is 30.3 Å². The second-order valence-electron chi connectivity index (χ2n) is 3.87. The number of ether oxygens (including phenoxy) is 1. The van der Waals surface area contributed by atoms with E-state index in [1.165, 1.54) is 18.2 Å². The Morgan fingerprint density at radius 2 is 2.16 bits per heavy atom. The van der Waals surface area contributed by atoms with E-state index >= 15 is 0 Å². The van der Waals surface area contributed by atoms with E-state index in [9.17, 15) is 4.79 Å². The number of carboxylic acids is 1. The zero-order valence-electron chi connectivity index (χ0n) is 10.0. The maximum absolute atomic E-state index is 11.0. The van der Waals surface area contributed by atoms with Gasteiger partial charge >= 0.3 is 5.97 Å². The summed E-state index contributed by atoms with van der Waals surface area (Å²) in [6.07, 6.45) is 2.31. The fourth-order valence-electron chi connectivity index (χ4n) is 1.60. The van der Waals surface area contributed by atoms with E-state index < -0.39 is 5.97 Å². The van der Waals surface area contributed by atoms with Crippen molar-refractivity contribution in [2.24, 2.45) is 0 Å². The van der Waals surface area contributed by atoms with Crippen LogP contribution in [0, 0.1) is 0 Å². The van der Waals surface area contributed by atoms with Crippen molar-refractivity contribution in [3.8, 4) is 5.75 Å². The van der Waals surface area contributed by atoms with Crippen molar-refractivity contribution in [1.29, 1.82) is 0 Å². The van der Waals surface area contributed by atoms with Crippen LogP contribution in [0.5, 0.6) is 5.75 Å². The Hall–Kier alpha value is -2.07. The number of carbonyl (C=O) groups is 1. The van der Waals surface area contributed by atoms with Crippen LogP contribution in [-0.2, 0) is 6.42 Å². The summed E-state index contributed by atoms with van der Waals surface area (Å²) in [4.78, 5) is 15.2. The van der Waals surface area contributed by atoms with Crippen LogP contribution >= 0.6 is 11.6 Å². The van der Waals surface area contributed by atoms with E-state index in [1.54, 1.807) is 6.20 Å². The van der Waals surface area contributed by atoms with Gasteiger partial charge in [-0.1, -0.05) is 17.7 Å². The monoisotopic (exact) mass is 277 g/mol. The largest absolute Gasteiger partial charge is 0.492 e. The first-order valence-electron chi connectivity index (χ1n) is 5.72. The number of nitrogens with zero attached hydrogens (tertiary/aromatic N) is 1. The summed E-state index contributed by atoms with van der Waals surface area (Å²) >= 11 is 5.83. The van der Waals surface area contributed by atoms with Gasteiger partial charge in [-0.3, -0.25) is 4.98 Å². The normalized spacial score (nSPS) is 10.2. The number of hydrogen-bond acceptors (Lipinski definition) is 3. The average Bonchev–Trinajstić information content (AvgIpc) is 2.39. The number of aromatic carboxylic acids is 1. The maximum Gasteiger partial charge on any atom is 0.339 e. The van der Waals surface area contributed by atoms with Crippen molar-refractivity contribution >= 4 is 17.6 Å². The summed E-state index contributed by atoms with van der Waals surface area (Å²) in [5, 5.41) is 9.48. The van der Waals surface area contributed by atoms with Crippen molar-refractivity contribution < 1.29 is 14.6 Å². The predicted octanol–water partition coefficient (Wildman–Crippen LogP) is 3.05. The van der Waals surface area contributed by atoms with E-state index in [1.807, 2.05) is 18.2 Å². The van der Waals surface area contributed by atoms with Crippen LogP contribution in [0.4, 0.5) is 0 Å². The van der Waals surface area contributed by atoms with Crippen LogP contribution in [0.2, 0.25) is 5.02 Å².